The van der Waals surface area contributed by atoms with E-state index in [0.29, 0.717) is 0 Å². The zero-order valence-electron chi connectivity index (χ0n) is 33.4. The zero-order valence-corrected chi connectivity index (χ0v) is 33.4. The lowest BCUT2D eigenvalue weighted by molar-refractivity contribution is 0.327. The molecule has 2 heterocycles. The average molecular weight is 757 g/mol. The second-order valence-corrected chi connectivity index (χ2v) is 19.5. The largest absolute Gasteiger partial charge is 0.311 e. The third kappa shape index (κ3) is 3.71. The molecule has 0 radical (unpaired) electrons. The van der Waals surface area contributed by atoms with Crippen LogP contribution in [-0.4, -0.2) is 6.71 Å². The van der Waals surface area contributed by atoms with Crippen LogP contribution >= 0.6 is 0 Å². The summed E-state index contributed by atoms with van der Waals surface area (Å²) in [6, 6.07) is 59.5. The molecule has 7 aromatic rings. The summed E-state index contributed by atoms with van der Waals surface area (Å²) >= 11 is 0. The highest BCUT2D eigenvalue weighted by atomic mass is 15.2. The van der Waals surface area contributed by atoms with Gasteiger partial charge in [0.15, 0.2) is 0 Å². The minimum Gasteiger partial charge on any atom is -0.311 e. The number of rotatable bonds is 2. The summed E-state index contributed by atoms with van der Waals surface area (Å²) in [6.07, 6.45) is 10.9. The highest BCUT2D eigenvalue weighted by Crippen LogP contribution is 2.69. The second kappa shape index (κ2) is 11.1. The molecular formula is C56H45BN2. The van der Waals surface area contributed by atoms with E-state index in [1.165, 1.54) is 124 Å². The van der Waals surface area contributed by atoms with Crippen LogP contribution in [0.4, 0.5) is 34.1 Å². The van der Waals surface area contributed by atoms with E-state index in [0.717, 1.165) is 23.7 Å². The van der Waals surface area contributed by atoms with Gasteiger partial charge in [-0.05, 0) is 148 Å². The standard InChI is InChI=1S/C56H45BN2/c1-3-14-40-38(12-1)52-42(55(40)32-34-26-28-36(55)30-34)16-9-22-48(52)58-46-20-7-5-18-44(46)57-45-19-6-8-21-47(45)59(51-25-11-24-50(58)54(51)57)49-23-10-17-43-53(49)39-13-2-4-15-41(39)56(43)33-35-27-29-37(56)31-35/h1-25,34-37H,26-33H2/t34-,35+,36+,37?,55+,56-/m1/s1. The van der Waals surface area contributed by atoms with Crippen LogP contribution in [0.3, 0.4) is 0 Å². The molecule has 59 heavy (non-hydrogen) atoms. The van der Waals surface area contributed by atoms with E-state index in [1.54, 1.807) is 22.3 Å². The highest BCUT2D eigenvalue weighted by Gasteiger charge is 2.59. The Balaban J connectivity index is 0.991. The van der Waals surface area contributed by atoms with Gasteiger partial charge in [0, 0.05) is 44.7 Å². The third-order valence-corrected chi connectivity index (χ3v) is 17.4. The average Bonchev–Trinajstić information content (AvgIpc) is 4.17. The number of anilines is 6. The summed E-state index contributed by atoms with van der Waals surface area (Å²) in [4.78, 5) is 5.35. The van der Waals surface area contributed by atoms with Crippen LogP contribution in [0.2, 0.25) is 0 Å². The number of fused-ring (bicyclic) bond motifs is 20. The van der Waals surface area contributed by atoms with Gasteiger partial charge in [-0.2, -0.15) is 0 Å². The summed E-state index contributed by atoms with van der Waals surface area (Å²) in [5, 5.41) is 0. The Morgan fingerprint density at radius 2 is 0.797 bits per heavy atom. The zero-order chi connectivity index (χ0) is 38.2. The molecule has 0 amide bonds. The van der Waals surface area contributed by atoms with Gasteiger partial charge in [0.05, 0.1) is 11.4 Å². The van der Waals surface area contributed by atoms with Crippen molar-refractivity contribution in [3.8, 4) is 22.3 Å². The van der Waals surface area contributed by atoms with E-state index in [2.05, 4.69) is 161 Å². The molecule has 282 valence electrons. The Morgan fingerprint density at radius 1 is 0.390 bits per heavy atom. The first-order valence-corrected chi connectivity index (χ1v) is 22.6. The number of hydrogen-bond donors (Lipinski definition) is 0. The van der Waals surface area contributed by atoms with Crippen molar-refractivity contribution in [2.45, 2.75) is 62.2 Å². The summed E-state index contributed by atoms with van der Waals surface area (Å²) in [5.74, 6) is 3.15. The lowest BCUT2D eigenvalue weighted by atomic mass is 9.33. The van der Waals surface area contributed by atoms with Crippen molar-refractivity contribution < 1.29 is 0 Å². The molecule has 8 aliphatic rings. The Kier molecular flexibility index (Phi) is 6.02. The molecule has 4 bridgehead atoms. The predicted molar refractivity (Wildman–Crippen MR) is 244 cm³/mol. The lowest BCUT2D eigenvalue weighted by Crippen LogP contribution is -2.61. The lowest BCUT2D eigenvalue weighted by Gasteiger charge is -2.45. The minimum atomic E-state index is 0.128. The van der Waals surface area contributed by atoms with Gasteiger partial charge in [-0.15, -0.1) is 0 Å². The van der Waals surface area contributed by atoms with Crippen LogP contribution in [0.15, 0.2) is 152 Å². The van der Waals surface area contributed by atoms with E-state index >= 15 is 0 Å². The molecule has 0 N–H and O–H groups in total. The molecule has 4 saturated carbocycles. The first-order chi connectivity index (χ1) is 29.2. The van der Waals surface area contributed by atoms with Gasteiger partial charge in [-0.3, -0.25) is 0 Å². The van der Waals surface area contributed by atoms with E-state index in [9.17, 15) is 0 Å². The molecule has 0 aromatic heterocycles. The first-order valence-electron chi connectivity index (χ1n) is 22.6. The van der Waals surface area contributed by atoms with Crippen molar-refractivity contribution in [2.24, 2.45) is 23.7 Å². The predicted octanol–water partition coefficient (Wildman–Crippen LogP) is 11.9. The van der Waals surface area contributed by atoms with Crippen LogP contribution in [-0.2, 0) is 10.8 Å². The second-order valence-electron chi connectivity index (χ2n) is 19.5. The van der Waals surface area contributed by atoms with Gasteiger partial charge < -0.3 is 9.80 Å². The number of hydrogen-bond acceptors (Lipinski definition) is 2. The molecular weight excluding hydrogens is 711 g/mol. The first kappa shape index (κ1) is 32.1. The molecule has 2 spiro atoms. The van der Waals surface area contributed by atoms with Gasteiger partial charge in [0.25, 0.3) is 6.71 Å². The topological polar surface area (TPSA) is 6.48 Å². The maximum atomic E-state index is 2.67. The minimum absolute atomic E-state index is 0.128. The normalized spacial score (nSPS) is 27.5. The molecule has 4 fully saturated rings. The van der Waals surface area contributed by atoms with Crippen molar-refractivity contribution in [3.63, 3.8) is 0 Å². The van der Waals surface area contributed by atoms with Crippen LogP contribution in [0.1, 0.15) is 73.6 Å². The van der Waals surface area contributed by atoms with E-state index in [4.69, 9.17) is 0 Å². The summed E-state index contributed by atoms with van der Waals surface area (Å²) < 4.78 is 0. The van der Waals surface area contributed by atoms with Crippen LogP contribution in [0.25, 0.3) is 22.3 Å². The quantitative estimate of drug-likeness (QED) is 0.162. The molecule has 3 heteroatoms. The Bertz CT molecular complexity index is 2800. The van der Waals surface area contributed by atoms with Crippen molar-refractivity contribution in [1.29, 1.82) is 0 Å². The van der Waals surface area contributed by atoms with E-state index in [-0.39, 0.29) is 17.5 Å². The molecule has 2 nitrogen and oxygen atoms in total. The fourth-order valence-corrected chi connectivity index (χ4v) is 15.6. The molecule has 7 aromatic carbocycles. The van der Waals surface area contributed by atoms with Crippen molar-refractivity contribution >= 4 is 57.2 Å². The molecule has 0 saturated heterocycles. The fraction of sp³-hybridized carbons (Fsp3) is 0.250. The third-order valence-electron chi connectivity index (χ3n) is 17.4. The summed E-state index contributed by atoms with van der Waals surface area (Å²) in [6.45, 7) is 0.128. The molecule has 2 aliphatic heterocycles. The molecule has 6 atom stereocenters. The smallest absolute Gasteiger partial charge is 0.252 e. The van der Waals surface area contributed by atoms with Crippen molar-refractivity contribution in [1.82, 2.24) is 0 Å². The van der Waals surface area contributed by atoms with E-state index < -0.39 is 0 Å². The maximum absolute atomic E-state index is 2.67. The van der Waals surface area contributed by atoms with Gasteiger partial charge in [0.2, 0.25) is 0 Å². The van der Waals surface area contributed by atoms with Gasteiger partial charge in [-0.1, -0.05) is 128 Å². The Hall–Kier alpha value is -5.80. The SMILES string of the molecule is c1ccc2c(c1)B1c3ccccc3N(c3cccc4c3-c3ccccc3[C@@]43C[C@@H]4CC[C@H]3C4)c3cccc(c31)N2c1cccc2c1-c1ccccc1[C@]21C[C@H]2CCC1C2. The maximum Gasteiger partial charge on any atom is 0.252 e. The monoisotopic (exact) mass is 756 g/mol. The number of nitrogens with zero attached hydrogens (tertiary/aromatic N) is 2. The van der Waals surface area contributed by atoms with Gasteiger partial charge in [-0.25, -0.2) is 0 Å². The fourth-order valence-electron chi connectivity index (χ4n) is 15.6. The number of para-hydroxylation sites is 2. The highest BCUT2D eigenvalue weighted by molar-refractivity contribution is 7.00. The summed E-state index contributed by atoms with van der Waals surface area (Å²) in [5.41, 5.74) is 24.5. The molecule has 1 unspecified atom stereocenters. The number of benzene rings is 7. The van der Waals surface area contributed by atoms with Crippen molar-refractivity contribution in [2.75, 3.05) is 9.80 Å². The van der Waals surface area contributed by atoms with E-state index in [1.807, 2.05) is 0 Å². The van der Waals surface area contributed by atoms with Gasteiger partial charge in [0.1, 0.15) is 0 Å². The van der Waals surface area contributed by atoms with Crippen LogP contribution in [0.5, 0.6) is 0 Å². The van der Waals surface area contributed by atoms with Gasteiger partial charge >= 0.3 is 0 Å². The summed E-state index contributed by atoms with van der Waals surface area (Å²) in [7, 11) is 0. The Morgan fingerprint density at radius 3 is 1.27 bits per heavy atom. The van der Waals surface area contributed by atoms with Crippen molar-refractivity contribution in [3.05, 3.63) is 174 Å². The molecule has 6 aliphatic carbocycles. The molecule has 15 rings (SSSR count). The van der Waals surface area contributed by atoms with Crippen LogP contribution in [0, 0.1) is 23.7 Å². The van der Waals surface area contributed by atoms with Crippen LogP contribution < -0.4 is 26.2 Å². The Labute approximate surface area is 347 Å².